The number of rotatable bonds is 4. The van der Waals surface area contributed by atoms with Gasteiger partial charge >= 0.3 is 5.97 Å². The second-order valence-corrected chi connectivity index (χ2v) is 2.62. The van der Waals surface area contributed by atoms with Gasteiger partial charge in [-0.1, -0.05) is 18.9 Å². The van der Waals surface area contributed by atoms with Crippen molar-refractivity contribution in [1.29, 1.82) is 0 Å². The molecular weight excluding hydrogens is 140 g/mol. The number of carbonyl (C=O) groups is 1. The van der Waals surface area contributed by atoms with Gasteiger partial charge in [-0.3, -0.25) is 0 Å². The highest BCUT2D eigenvalue weighted by atomic mass is 16.5. The number of ether oxygens (including phenoxy) is 1. The zero-order chi connectivity index (χ0) is 8.69. The molecule has 0 N–H and O–H groups in total. The third kappa shape index (κ3) is 5.64. The molecule has 0 atom stereocenters. The van der Waals surface area contributed by atoms with Gasteiger partial charge in [0, 0.05) is 6.08 Å². The minimum absolute atomic E-state index is 0.251. The third-order valence-electron chi connectivity index (χ3n) is 1.49. The summed E-state index contributed by atoms with van der Waals surface area (Å²) in [6, 6.07) is 0. The minimum atomic E-state index is -0.251. The number of hydrogen-bond donors (Lipinski definition) is 0. The first-order chi connectivity index (χ1) is 5.20. The Balaban J connectivity index is 3.70. The van der Waals surface area contributed by atoms with Crippen LogP contribution in [0.3, 0.4) is 0 Å². The smallest absolute Gasteiger partial charge is 0.330 e. The van der Waals surface area contributed by atoms with Crippen molar-refractivity contribution in [1.82, 2.24) is 0 Å². The van der Waals surface area contributed by atoms with Crippen molar-refractivity contribution in [3.8, 4) is 0 Å². The van der Waals surface area contributed by atoms with Crippen molar-refractivity contribution >= 4 is 5.97 Å². The standard InChI is InChI=1S/C9H16O2/c1-4-5-6-8(2)7-9(10)11-3/h7H,4-6H2,1-3H3. The van der Waals surface area contributed by atoms with E-state index in [1.54, 1.807) is 6.08 Å². The second-order valence-electron chi connectivity index (χ2n) is 2.62. The van der Waals surface area contributed by atoms with Crippen LogP contribution in [0.1, 0.15) is 33.1 Å². The topological polar surface area (TPSA) is 26.3 Å². The molecule has 11 heavy (non-hydrogen) atoms. The molecule has 0 aromatic carbocycles. The molecule has 0 aliphatic carbocycles. The summed E-state index contributed by atoms with van der Waals surface area (Å²) in [5.74, 6) is -0.251. The van der Waals surface area contributed by atoms with Crippen LogP contribution in [0.4, 0.5) is 0 Å². The molecule has 0 bridgehead atoms. The Morgan fingerprint density at radius 2 is 2.18 bits per heavy atom. The highest BCUT2D eigenvalue weighted by Crippen LogP contribution is 2.05. The molecule has 0 saturated carbocycles. The summed E-state index contributed by atoms with van der Waals surface area (Å²) in [5, 5.41) is 0. The first-order valence-corrected chi connectivity index (χ1v) is 3.95. The van der Waals surface area contributed by atoms with E-state index < -0.39 is 0 Å². The average molecular weight is 156 g/mol. The Labute approximate surface area is 68.2 Å². The normalized spacial score (nSPS) is 11.4. The van der Waals surface area contributed by atoms with Crippen LogP contribution in [-0.4, -0.2) is 13.1 Å². The zero-order valence-electron chi connectivity index (χ0n) is 7.52. The van der Waals surface area contributed by atoms with Crippen molar-refractivity contribution in [3.63, 3.8) is 0 Å². The monoisotopic (exact) mass is 156 g/mol. The van der Waals surface area contributed by atoms with Crippen LogP contribution in [0.15, 0.2) is 11.6 Å². The molecule has 0 aromatic rings. The van der Waals surface area contributed by atoms with Crippen molar-refractivity contribution in [3.05, 3.63) is 11.6 Å². The predicted molar refractivity (Wildman–Crippen MR) is 45.3 cm³/mol. The number of methoxy groups -OCH3 is 1. The van der Waals surface area contributed by atoms with Crippen LogP contribution in [-0.2, 0) is 9.53 Å². The molecule has 0 aliphatic rings. The van der Waals surface area contributed by atoms with Crippen molar-refractivity contribution in [2.75, 3.05) is 7.11 Å². The molecule has 2 nitrogen and oxygen atoms in total. The van der Waals surface area contributed by atoms with Crippen LogP contribution < -0.4 is 0 Å². The van der Waals surface area contributed by atoms with Crippen LogP contribution in [0.5, 0.6) is 0 Å². The lowest BCUT2D eigenvalue weighted by atomic mass is 10.1. The summed E-state index contributed by atoms with van der Waals surface area (Å²) < 4.78 is 4.49. The molecule has 0 amide bonds. The van der Waals surface area contributed by atoms with E-state index in [9.17, 15) is 4.79 Å². The maximum absolute atomic E-state index is 10.7. The van der Waals surface area contributed by atoms with E-state index in [2.05, 4.69) is 11.7 Å². The average Bonchev–Trinajstić information content (AvgIpc) is 2.00. The molecule has 0 heterocycles. The van der Waals surface area contributed by atoms with E-state index in [-0.39, 0.29) is 5.97 Å². The van der Waals surface area contributed by atoms with Crippen molar-refractivity contribution in [2.24, 2.45) is 0 Å². The van der Waals surface area contributed by atoms with E-state index in [0.717, 1.165) is 24.8 Å². The zero-order valence-corrected chi connectivity index (χ0v) is 7.52. The predicted octanol–water partition coefficient (Wildman–Crippen LogP) is 2.30. The van der Waals surface area contributed by atoms with Crippen molar-refractivity contribution < 1.29 is 9.53 Å². The van der Waals surface area contributed by atoms with Crippen molar-refractivity contribution in [2.45, 2.75) is 33.1 Å². The fraction of sp³-hybridized carbons (Fsp3) is 0.667. The van der Waals surface area contributed by atoms with Gasteiger partial charge in [0.05, 0.1) is 7.11 Å². The Morgan fingerprint density at radius 1 is 1.55 bits per heavy atom. The molecule has 0 radical (unpaired) electrons. The Morgan fingerprint density at radius 3 is 2.64 bits per heavy atom. The summed E-state index contributed by atoms with van der Waals surface area (Å²) in [7, 11) is 1.39. The lowest BCUT2D eigenvalue weighted by Gasteiger charge is -1.97. The van der Waals surface area contributed by atoms with Gasteiger partial charge in [-0.15, -0.1) is 0 Å². The van der Waals surface area contributed by atoms with Gasteiger partial charge in [-0.2, -0.15) is 0 Å². The maximum atomic E-state index is 10.7. The fourth-order valence-corrected chi connectivity index (χ4v) is 0.788. The minimum Gasteiger partial charge on any atom is -0.466 e. The Bertz CT molecular complexity index is 148. The van der Waals surface area contributed by atoms with Gasteiger partial charge in [-0.05, 0) is 19.8 Å². The van der Waals surface area contributed by atoms with Crippen LogP contribution in [0, 0.1) is 0 Å². The van der Waals surface area contributed by atoms with Gasteiger partial charge in [0.15, 0.2) is 0 Å². The molecule has 0 unspecified atom stereocenters. The first-order valence-electron chi connectivity index (χ1n) is 3.95. The molecule has 0 rings (SSSR count). The van der Waals surface area contributed by atoms with Gasteiger partial charge < -0.3 is 4.74 Å². The summed E-state index contributed by atoms with van der Waals surface area (Å²) in [6.45, 7) is 4.08. The molecule has 0 spiro atoms. The molecule has 0 aromatic heterocycles. The summed E-state index contributed by atoms with van der Waals surface area (Å²) in [5.41, 5.74) is 1.10. The quantitative estimate of drug-likeness (QED) is 0.461. The van der Waals surface area contributed by atoms with Crippen LogP contribution >= 0.6 is 0 Å². The van der Waals surface area contributed by atoms with E-state index in [1.165, 1.54) is 7.11 Å². The molecular formula is C9H16O2. The Kier molecular flexibility index (Phi) is 5.53. The SMILES string of the molecule is CCCCC(C)=CC(=O)OC. The highest BCUT2D eigenvalue weighted by Gasteiger charge is 1.95. The van der Waals surface area contributed by atoms with Gasteiger partial charge in [0.2, 0.25) is 0 Å². The van der Waals surface area contributed by atoms with Gasteiger partial charge in [0.25, 0.3) is 0 Å². The number of hydrogen-bond acceptors (Lipinski definition) is 2. The van der Waals surface area contributed by atoms with E-state index in [4.69, 9.17) is 0 Å². The molecule has 0 aliphatic heterocycles. The lowest BCUT2D eigenvalue weighted by molar-refractivity contribution is -0.134. The number of carbonyl (C=O) groups excluding carboxylic acids is 1. The molecule has 0 fully saturated rings. The number of allylic oxidation sites excluding steroid dienone is 1. The second kappa shape index (κ2) is 5.96. The largest absolute Gasteiger partial charge is 0.466 e. The van der Waals surface area contributed by atoms with E-state index in [1.807, 2.05) is 6.92 Å². The number of unbranched alkanes of at least 4 members (excludes halogenated alkanes) is 1. The summed E-state index contributed by atoms with van der Waals surface area (Å²) in [6.07, 6.45) is 4.84. The summed E-state index contributed by atoms with van der Waals surface area (Å²) in [4.78, 5) is 10.7. The Hall–Kier alpha value is -0.790. The third-order valence-corrected chi connectivity index (χ3v) is 1.49. The maximum Gasteiger partial charge on any atom is 0.330 e. The van der Waals surface area contributed by atoms with Gasteiger partial charge in [-0.25, -0.2) is 4.79 Å². The molecule has 2 heteroatoms. The lowest BCUT2D eigenvalue weighted by Crippen LogP contribution is -1.95. The first kappa shape index (κ1) is 10.2. The van der Waals surface area contributed by atoms with E-state index in [0.29, 0.717) is 0 Å². The fourth-order valence-electron chi connectivity index (χ4n) is 0.788. The number of esters is 1. The molecule has 64 valence electrons. The van der Waals surface area contributed by atoms with E-state index >= 15 is 0 Å². The summed E-state index contributed by atoms with van der Waals surface area (Å²) >= 11 is 0. The molecule has 0 saturated heterocycles. The van der Waals surface area contributed by atoms with Crippen LogP contribution in [0.2, 0.25) is 0 Å². The van der Waals surface area contributed by atoms with Crippen LogP contribution in [0.25, 0.3) is 0 Å². The van der Waals surface area contributed by atoms with Gasteiger partial charge in [0.1, 0.15) is 0 Å². The highest BCUT2D eigenvalue weighted by molar-refractivity contribution is 5.82.